The van der Waals surface area contributed by atoms with Gasteiger partial charge < -0.3 is 5.32 Å². The molecule has 0 saturated carbocycles. The summed E-state index contributed by atoms with van der Waals surface area (Å²) < 4.78 is 0. The van der Waals surface area contributed by atoms with Crippen molar-refractivity contribution in [3.05, 3.63) is 53.4 Å². The second-order valence-corrected chi connectivity index (χ2v) is 4.77. The molecule has 0 aliphatic carbocycles. The number of nitrogens with one attached hydrogen (secondary N) is 1. The monoisotopic (exact) mass is 256 g/mol. The van der Waals surface area contributed by atoms with Crippen molar-refractivity contribution in [3.63, 3.8) is 0 Å². The van der Waals surface area contributed by atoms with E-state index < -0.39 is 0 Å². The van der Waals surface area contributed by atoms with Crippen molar-refractivity contribution in [1.82, 2.24) is 20.3 Å². The van der Waals surface area contributed by atoms with Crippen molar-refractivity contribution < 1.29 is 0 Å². The van der Waals surface area contributed by atoms with Gasteiger partial charge in [0.05, 0.1) is 11.7 Å². The van der Waals surface area contributed by atoms with E-state index in [1.165, 1.54) is 11.1 Å². The third kappa shape index (κ3) is 3.35. The summed E-state index contributed by atoms with van der Waals surface area (Å²) >= 11 is 0. The molecule has 0 amide bonds. The number of pyridine rings is 1. The smallest absolute Gasteiger partial charge is 0.115 e. The molecule has 1 unspecified atom stereocenters. The number of hydrogen-bond donors (Lipinski definition) is 1. The number of aryl methyl sites for hydroxylation is 2. The van der Waals surface area contributed by atoms with Crippen LogP contribution in [0, 0.1) is 13.8 Å². The Bertz CT molecular complexity index is 525. The number of nitrogens with zero attached hydrogens (tertiary/aromatic N) is 3. The zero-order chi connectivity index (χ0) is 13.7. The van der Waals surface area contributed by atoms with E-state index in [9.17, 15) is 0 Å². The van der Waals surface area contributed by atoms with Crippen LogP contribution in [-0.4, -0.2) is 21.5 Å². The van der Waals surface area contributed by atoms with Crippen LogP contribution in [0.3, 0.4) is 0 Å². The largest absolute Gasteiger partial charge is 0.305 e. The zero-order valence-corrected chi connectivity index (χ0v) is 11.7. The van der Waals surface area contributed by atoms with Gasteiger partial charge in [-0.1, -0.05) is 13.0 Å². The van der Waals surface area contributed by atoms with Crippen LogP contribution in [0.25, 0.3) is 0 Å². The van der Waals surface area contributed by atoms with E-state index in [2.05, 4.69) is 47.1 Å². The van der Waals surface area contributed by atoms with E-state index in [1.807, 2.05) is 18.6 Å². The maximum absolute atomic E-state index is 4.59. The molecule has 0 aliphatic heterocycles. The molecule has 2 heterocycles. The van der Waals surface area contributed by atoms with Crippen LogP contribution in [0.1, 0.15) is 41.8 Å². The summed E-state index contributed by atoms with van der Waals surface area (Å²) in [5.74, 6) is 0. The van der Waals surface area contributed by atoms with Crippen LogP contribution in [0.15, 0.2) is 31.0 Å². The van der Waals surface area contributed by atoms with Gasteiger partial charge in [0, 0.05) is 24.2 Å². The van der Waals surface area contributed by atoms with Crippen molar-refractivity contribution in [2.24, 2.45) is 0 Å². The third-order valence-corrected chi connectivity index (χ3v) is 3.04. The summed E-state index contributed by atoms with van der Waals surface area (Å²) in [7, 11) is 0. The average molecular weight is 256 g/mol. The molecule has 0 saturated heterocycles. The normalized spacial score (nSPS) is 12.4. The molecule has 4 heteroatoms. The Morgan fingerprint density at radius 2 is 1.89 bits per heavy atom. The third-order valence-electron chi connectivity index (χ3n) is 3.04. The van der Waals surface area contributed by atoms with Gasteiger partial charge >= 0.3 is 0 Å². The lowest BCUT2D eigenvalue weighted by Crippen LogP contribution is -2.25. The SMILES string of the molecule is CCCNC(c1cncnc1)c1ncc(C)cc1C. The van der Waals surface area contributed by atoms with Crippen LogP contribution >= 0.6 is 0 Å². The highest BCUT2D eigenvalue weighted by atomic mass is 14.9. The standard InChI is InChI=1S/C15H20N4/c1-4-5-18-15(13-8-16-10-17-9-13)14-12(3)6-11(2)7-19-14/h6-10,15,18H,4-5H2,1-3H3. The zero-order valence-electron chi connectivity index (χ0n) is 11.7. The van der Waals surface area contributed by atoms with Gasteiger partial charge in [-0.15, -0.1) is 0 Å². The Morgan fingerprint density at radius 3 is 2.53 bits per heavy atom. The summed E-state index contributed by atoms with van der Waals surface area (Å²) in [5, 5.41) is 3.52. The van der Waals surface area contributed by atoms with Crippen LogP contribution in [-0.2, 0) is 0 Å². The maximum Gasteiger partial charge on any atom is 0.115 e. The first-order valence-electron chi connectivity index (χ1n) is 6.63. The molecular formula is C15H20N4. The fraction of sp³-hybridized carbons (Fsp3) is 0.400. The Kier molecular flexibility index (Phi) is 4.58. The van der Waals surface area contributed by atoms with E-state index in [0.717, 1.165) is 24.2 Å². The molecular weight excluding hydrogens is 236 g/mol. The minimum absolute atomic E-state index is 0.0572. The number of hydrogen-bond acceptors (Lipinski definition) is 4. The van der Waals surface area contributed by atoms with Gasteiger partial charge in [-0.3, -0.25) is 4.98 Å². The van der Waals surface area contributed by atoms with E-state index >= 15 is 0 Å². The van der Waals surface area contributed by atoms with Gasteiger partial charge in [0.2, 0.25) is 0 Å². The Morgan fingerprint density at radius 1 is 1.16 bits per heavy atom. The highest BCUT2D eigenvalue weighted by molar-refractivity contribution is 5.31. The quantitative estimate of drug-likeness (QED) is 0.893. The maximum atomic E-state index is 4.59. The molecule has 2 aromatic rings. The topological polar surface area (TPSA) is 50.7 Å². The van der Waals surface area contributed by atoms with Crippen molar-refractivity contribution >= 4 is 0 Å². The molecule has 2 rings (SSSR count). The first kappa shape index (κ1) is 13.6. The van der Waals surface area contributed by atoms with Crippen molar-refractivity contribution in [2.75, 3.05) is 6.54 Å². The fourth-order valence-corrected chi connectivity index (χ4v) is 2.15. The van der Waals surface area contributed by atoms with E-state index in [4.69, 9.17) is 0 Å². The van der Waals surface area contributed by atoms with Crippen LogP contribution in [0.2, 0.25) is 0 Å². The van der Waals surface area contributed by atoms with Crippen molar-refractivity contribution in [1.29, 1.82) is 0 Å². The lowest BCUT2D eigenvalue weighted by atomic mass is 10.0. The highest BCUT2D eigenvalue weighted by Crippen LogP contribution is 2.22. The molecule has 100 valence electrons. The molecule has 1 N–H and O–H groups in total. The molecule has 0 aromatic carbocycles. The van der Waals surface area contributed by atoms with Gasteiger partial charge in [0.1, 0.15) is 6.33 Å². The molecule has 0 aliphatic rings. The second-order valence-electron chi connectivity index (χ2n) is 4.77. The van der Waals surface area contributed by atoms with Gasteiger partial charge in [0.25, 0.3) is 0 Å². The molecule has 0 radical (unpaired) electrons. The first-order chi connectivity index (χ1) is 9.22. The summed E-state index contributed by atoms with van der Waals surface area (Å²) in [4.78, 5) is 12.8. The molecule has 1 atom stereocenters. The summed E-state index contributed by atoms with van der Waals surface area (Å²) in [6.45, 7) is 7.25. The van der Waals surface area contributed by atoms with Crippen LogP contribution in [0.5, 0.6) is 0 Å². The van der Waals surface area contributed by atoms with E-state index in [0.29, 0.717) is 0 Å². The number of rotatable bonds is 5. The Labute approximate surface area is 114 Å². The highest BCUT2D eigenvalue weighted by Gasteiger charge is 2.17. The van der Waals surface area contributed by atoms with Gasteiger partial charge in [-0.2, -0.15) is 0 Å². The summed E-state index contributed by atoms with van der Waals surface area (Å²) in [6.07, 6.45) is 8.24. The predicted molar refractivity (Wildman–Crippen MR) is 75.9 cm³/mol. The summed E-state index contributed by atoms with van der Waals surface area (Å²) in [5.41, 5.74) is 4.47. The molecule has 0 spiro atoms. The molecule has 4 nitrogen and oxygen atoms in total. The summed E-state index contributed by atoms with van der Waals surface area (Å²) in [6, 6.07) is 2.22. The molecule has 2 aromatic heterocycles. The minimum Gasteiger partial charge on any atom is -0.305 e. The fourth-order valence-electron chi connectivity index (χ4n) is 2.15. The Hall–Kier alpha value is -1.81. The van der Waals surface area contributed by atoms with Crippen LogP contribution < -0.4 is 5.32 Å². The second kappa shape index (κ2) is 6.38. The Balaban J connectivity index is 2.37. The number of aromatic nitrogens is 3. The van der Waals surface area contributed by atoms with Crippen molar-refractivity contribution in [3.8, 4) is 0 Å². The molecule has 0 fully saturated rings. The van der Waals surface area contributed by atoms with Gasteiger partial charge in [0.15, 0.2) is 0 Å². The van der Waals surface area contributed by atoms with Gasteiger partial charge in [-0.25, -0.2) is 9.97 Å². The first-order valence-corrected chi connectivity index (χ1v) is 6.63. The minimum atomic E-state index is 0.0572. The molecule has 0 bridgehead atoms. The van der Waals surface area contributed by atoms with Crippen LogP contribution in [0.4, 0.5) is 0 Å². The molecule has 19 heavy (non-hydrogen) atoms. The average Bonchev–Trinajstić information content (AvgIpc) is 2.42. The predicted octanol–water partition coefficient (Wildman–Crippen LogP) is 2.58. The van der Waals surface area contributed by atoms with Gasteiger partial charge in [-0.05, 0) is 37.9 Å². The van der Waals surface area contributed by atoms with E-state index in [1.54, 1.807) is 6.33 Å². The van der Waals surface area contributed by atoms with E-state index in [-0.39, 0.29) is 6.04 Å². The lowest BCUT2D eigenvalue weighted by molar-refractivity contribution is 0.580. The van der Waals surface area contributed by atoms with Crippen molar-refractivity contribution in [2.45, 2.75) is 33.2 Å². The lowest BCUT2D eigenvalue weighted by Gasteiger charge is -2.19.